The van der Waals surface area contributed by atoms with Gasteiger partial charge in [-0.05, 0) is 24.3 Å². The van der Waals surface area contributed by atoms with Crippen LogP contribution in [0.1, 0.15) is 5.89 Å². The molecule has 7 heteroatoms. The van der Waals surface area contributed by atoms with Crippen molar-refractivity contribution in [3.63, 3.8) is 0 Å². The number of hydrogen-bond acceptors (Lipinski definition) is 7. The number of fused-ring (bicyclic) bond motifs is 1. The lowest BCUT2D eigenvalue weighted by atomic mass is 10.2. The zero-order valence-electron chi connectivity index (χ0n) is 13.7. The number of methoxy groups -OCH3 is 1. The van der Waals surface area contributed by atoms with E-state index in [2.05, 4.69) is 15.5 Å². The molecule has 128 valence electrons. The van der Waals surface area contributed by atoms with Gasteiger partial charge in [-0.2, -0.15) is 0 Å². The third kappa shape index (κ3) is 3.21. The number of nitrogens with zero attached hydrogens (tertiary/aromatic N) is 2. The molecule has 0 amide bonds. The molecule has 0 atom stereocenters. The van der Waals surface area contributed by atoms with Crippen molar-refractivity contribution < 1.29 is 18.6 Å². The van der Waals surface area contributed by atoms with E-state index in [-0.39, 0.29) is 0 Å². The van der Waals surface area contributed by atoms with Crippen LogP contribution in [0.25, 0.3) is 11.5 Å². The molecular formula is C18H17N3O4. The molecule has 0 radical (unpaired) electrons. The summed E-state index contributed by atoms with van der Waals surface area (Å²) in [5, 5.41) is 11.4. The van der Waals surface area contributed by atoms with Crippen LogP contribution in [0.5, 0.6) is 17.2 Å². The maximum Gasteiger partial charge on any atom is 0.251 e. The fourth-order valence-corrected chi connectivity index (χ4v) is 2.59. The molecule has 4 rings (SSSR count). The zero-order valence-corrected chi connectivity index (χ0v) is 13.7. The van der Waals surface area contributed by atoms with Gasteiger partial charge in [-0.3, -0.25) is 0 Å². The number of ether oxygens (including phenoxy) is 3. The Balaban J connectivity index is 1.47. The lowest BCUT2D eigenvalue weighted by molar-refractivity contribution is 0.171. The average molecular weight is 339 g/mol. The molecule has 0 fully saturated rings. The molecule has 0 aliphatic carbocycles. The molecule has 0 unspecified atom stereocenters. The number of hydrogen-bond donors (Lipinski definition) is 1. The fourth-order valence-electron chi connectivity index (χ4n) is 2.59. The molecule has 1 aliphatic heterocycles. The van der Waals surface area contributed by atoms with Crippen LogP contribution < -0.4 is 19.5 Å². The van der Waals surface area contributed by atoms with Crippen molar-refractivity contribution in [3.8, 4) is 28.7 Å². The Morgan fingerprint density at radius 3 is 2.76 bits per heavy atom. The van der Waals surface area contributed by atoms with E-state index in [1.165, 1.54) is 0 Å². The van der Waals surface area contributed by atoms with Crippen LogP contribution in [-0.4, -0.2) is 30.5 Å². The van der Waals surface area contributed by atoms with Gasteiger partial charge in [-0.25, -0.2) is 0 Å². The van der Waals surface area contributed by atoms with E-state index in [1.807, 2.05) is 42.5 Å². The molecule has 25 heavy (non-hydrogen) atoms. The number of anilines is 1. The molecule has 3 aromatic rings. The Hall–Kier alpha value is -3.22. The van der Waals surface area contributed by atoms with E-state index in [1.54, 1.807) is 7.11 Å². The molecule has 0 saturated carbocycles. The third-order valence-electron chi connectivity index (χ3n) is 3.79. The average Bonchev–Trinajstić information content (AvgIpc) is 3.15. The molecular weight excluding hydrogens is 322 g/mol. The summed E-state index contributed by atoms with van der Waals surface area (Å²) in [6.45, 7) is 1.54. The highest BCUT2D eigenvalue weighted by molar-refractivity contribution is 5.62. The summed E-state index contributed by atoms with van der Waals surface area (Å²) in [7, 11) is 1.61. The van der Waals surface area contributed by atoms with Crippen molar-refractivity contribution >= 4 is 5.69 Å². The topological polar surface area (TPSA) is 78.6 Å². The van der Waals surface area contributed by atoms with E-state index >= 15 is 0 Å². The van der Waals surface area contributed by atoms with Gasteiger partial charge < -0.3 is 23.9 Å². The van der Waals surface area contributed by atoms with Crippen molar-refractivity contribution in [2.75, 3.05) is 25.6 Å². The number of benzene rings is 2. The van der Waals surface area contributed by atoms with Gasteiger partial charge in [-0.1, -0.05) is 12.1 Å². The molecule has 0 spiro atoms. The van der Waals surface area contributed by atoms with Gasteiger partial charge in [0.2, 0.25) is 5.89 Å². The van der Waals surface area contributed by atoms with Crippen molar-refractivity contribution in [1.82, 2.24) is 10.2 Å². The first-order chi connectivity index (χ1) is 12.3. The van der Waals surface area contributed by atoms with Crippen LogP contribution in [0, 0.1) is 0 Å². The number of rotatable bonds is 5. The molecule has 1 aromatic heterocycles. The summed E-state index contributed by atoms with van der Waals surface area (Å²) in [6, 6.07) is 13.2. The molecule has 2 aromatic carbocycles. The first-order valence-electron chi connectivity index (χ1n) is 7.93. The van der Waals surface area contributed by atoms with Crippen molar-refractivity contribution in [3.05, 3.63) is 48.4 Å². The predicted octanol–water partition coefficient (Wildman–Crippen LogP) is 3.13. The Kier molecular flexibility index (Phi) is 4.12. The summed E-state index contributed by atoms with van der Waals surface area (Å²) in [4.78, 5) is 0. The monoisotopic (exact) mass is 339 g/mol. The van der Waals surface area contributed by atoms with Gasteiger partial charge in [0.1, 0.15) is 19.0 Å². The minimum Gasteiger partial charge on any atom is -0.496 e. The highest BCUT2D eigenvalue weighted by atomic mass is 16.6. The molecule has 2 heterocycles. The van der Waals surface area contributed by atoms with Gasteiger partial charge in [-0.15, -0.1) is 10.2 Å². The van der Waals surface area contributed by atoms with Crippen LogP contribution >= 0.6 is 0 Å². The normalized spacial score (nSPS) is 12.7. The standard InChI is InChI=1S/C18H17N3O4/c1-22-14-5-3-2-4-13(14)18-21-20-17(25-18)11-19-12-6-7-15-16(10-12)24-9-8-23-15/h2-7,10,19H,8-9,11H2,1H3. The lowest BCUT2D eigenvalue weighted by Gasteiger charge is -2.19. The zero-order chi connectivity index (χ0) is 17.1. The van der Waals surface area contributed by atoms with E-state index < -0.39 is 0 Å². The van der Waals surface area contributed by atoms with Gasteiger partial charge in [0.15, 0.2) is 11.5 Å². The second-order valence-electron chi connectivity index (χ2n) is 5.41. The lowest BCUT2D eigenvalue weighted by Crippen LogP contribution is -2.15. The fraction of sp³-hybridized carbons (Fsp3) is 0.222. The van der Waals surface area contributed by atoms with Crippen LogP contribution in [0.2, 0.25) is 0 Å². The number of aromatic nitrogens is 2. The quantitative estimate of drug-likeness (QED) is 0.765. The van der Waals surface area contributed by atoms with Gasteiger partial charge in [0.05, 0.1) is 19.2 Å². The number of nitrogens with one attached hydrogen (secondary N) is 1. The summed E-state index contributed by atoms with van der Waals surface area (Å²) >= 11 is 0. The minimum atomic E-state index is 0.405. The van der Waals surface area contributed by atoms with Gasteiger partial charge >= 0.3 is 0 Å². The largest absolute Gasteiger partial charge is 0.496 e. The maximum absolute atomic E-state index is 5.73. The predicted molar refractivity (Wildman–Crippen MR) is 91.0 cm³/mol. The van der Waals surface area contributed by atoms with Crippen molar-refractivity contribution in [2.24, 2.45) is 0 Å². The highest BCUT2D eigenvalue weighted by Gasteiger charge is 2.14. The molecule has 0 bridgehead atoms. The number of para-hydroxylation sites is 1. The highest BCUT2D eigenvalue weighted by Crippen LogP contribution is 2.33. The summed E-state index contributed by atoms with van der Waals surface area (Å²) in [5.41, 5.74) is 1.66. The third-order valence-corrected chi connectivity index (χ3v) is 3.79. The Bertz CT molecular complexity index is 878. The van der Waals surface area contributed by atoms with Crippen LogP contribution in [0.15, 0.2) is 46.9 Å². The van der Waals surface area contributed by atoms with E-state index in [9.17, 15) is 0 Å². The molecule has 0 saturated heterocycles. The Labute approximate surface area is 144 Å². The van der Waals surface area contributed by atoms with Gasteiger partial charge in [0.25, 0.3) is 5.89 Å². The van der Waals surface area contributed by atoms with Crippen LogP contribution in [0.3, 0.4) is 0 Å². The summed E-state index contributed by atoms with van der Waals surface area (Å²) < 4.78 is 22.1. The minimum absolute atomic E-state index is 0.405. The summed E-state index contributed by atoms with van der Waals surface area (Å²) in [5.74, 6) is 3.09. The molecule has 7 nitrogen and oxygen atoms in total. The van der Waals surface area contributed by atoms with Crippen LogP contribution in [0.4, 0.5) is 5.69 Å². The van der Waals surface area contributed by atoms with Gasteiger partial charge in [0, 0.05) is 11.8 Å². The van der Waals surface area contributed by atoms with E-state index in [0.717, 1.165) is 22.7 Å². The second-order valence-corrected chi connectivity index (χ2v) is 5.41. The van der Waals surface area contributed by atoms with E-state index in [4.69, 9.17) is 18.6 Å². The van der Waals surface area contributed by atoms with E-state index in [0.29, 0.717) is 37.3 Å². The van der Waals surface area contributed by atoms with Crippen LogP contribution in [-0.2, 0) is 6.54 Å². The maximum atomic E-state index is 5.73. The second kappa shape index (κ2) is 6.72. The molecule has 1 N–H and O–H groups in total. The van der Waals surface area contributed by atoms with Crippen molar-refractivity contribution in [2.45, 2.75) is 6.54 Å². The smallest absolute Gasteiger partial charge is 0.251 e. The Morgan fingerprint density at radius 1 is 1.04 bits per heavy atom. The summed E-state index contributed by atoms with van der Waals surface area (Å²) in [6.07, 6.45) is 0. The Morgan fingerprint density at radius 2 is 1.88 bits per heavy atom. The SMILES string of the molecule is COc1ccccc1-c1nnc(CNc2ccc3c(c2)OCCO3)o1. The van der Waals surface area contributed by atoms with Crippen molar-refractivity contribution in [1.29, 1.82) is 0 Å². The first kappa shape index (κ1) is 15.3. The first-order valence-corrected chi connectivity index (χ1v) is 7.93. The molecule has 1 aliphatic rings.